The van der Waals surface area contributed by atoms with Gasteiger partial charge in [0.25, 0.3) is 5.91 Å². The molecule has 0 heterocycles. The van der Waals surface area contributed by atoms with Crippen LogP contribution in [0.4, 0.5) is 0 Å². The number of amides is 1. The highest BCUT2D eigenvalue weighted by Gasteiger charge is 2.16. The van der Waals surface area contributed by atoms with Gasteiger partial charge in [0.1, 0.15) is 24.1 Å². The predicted octanol–water partition coefficient (Wildman–Crippen LogP) is 3.63. The number of benzene rings is 3. The van der Waals surface area contributed by atoms with Crippen LogP contribution in [-0.2, 0) is 22.6 Å². The number of nitrogens with two attached hydrogens (primary N) is 1. The summed E-state index contributed by atoms with van der Waals surface area (Å²) in [7, 11) is 0. The average molecular weight is 443 g/mol. The van der Waals surface area contributed by atoms with Crippen molar-refractivity contribution >= 4 is 24.3 Å². The third-order valence-corrected chi connectivity index (χ3v) is 4.36. The Kier molecular flexibility index (Phi) is 9.02. The monoisotopic (exact) mass is 442 g/mol. The van der Waals surface area contributed by atoms with Gasteiger partial charge >= 0.3 is 5.97 Å². The van der Waals surface area contributed by atoms with Gasteiger partial charge in [0.15, 0.2) is 0 Å². The lowest BCUT2D eigenvalue weighted by Crippen LogP contribution is -2.34. The van der Waals surface area contributed by atoms with Crippen molar-refractivity contribution < 1.29 is 24.3 Å². The van der Waals surface area contributed by atoms with E-state index in [-0.39, 0.29) is 19.0 Å². The van der Waals surface area contributed by atoms with Gasteiger partial charge in [-0.2, -0.15) is 0 Å². The van der Waals surface area contributed by atoms with Gasteiger partial charge in [-0.1, -0.05) is 42.5 Å². The number of esters is 1. The second kappa shape index (κ2) is 11.7. The Morgan fingerprint density at radius 1 is 0.871 bits per heavy atom. The zero-order valence-corrected chi connectivity index (χ0v) is 17.4. The van der Waals surface area contributed by atoms with Crippen molar-refractivity contribution in [2.45, 2.75) is 19.1 Å². The molecule has 3 aromatic carbocycles. The SMILES string of the molecule is Cl.N[C@@H](Cc1ccc(Oc2ccc(C(=O)NO)cc2)cc1)C(=O)OCc1ccccc1. The minimum atomic E-state index is -0.759. The molecule has 3 aromatic rings. The first kappa shape index (κ1) is 23.9. The molecule has 1 atom stereocenters. The van der Waals surface area contributed by atoms with Crippen LogP contribution < -0.4 is 16.0 Å². The summed E-state index contributed by atoms with van der Waals surface area (Å²) in [6, 6.07) is 22.2. The Morgan fingerprint density at radius 3 is 2.03 bits per heavy atom. The van der Waals surface area contributed by atoms with Crippen molar-refractivity contribution in [2.75, 3.05) is 0 Å². The zero-order chi connectivity index (χ0) is 21.3. The average Bonchev–Trinajstić information content (AvgIpc) is 2.79. The molecule has 0 spiro atoms. The Bertz CT molecular complexity index is 979. The molecule has 0 aromatic heterocycles. The standard InChI is InChI=1S/C23H22N2O5.ClH/c24-21(23(27)29-15-17-4-2-1-3-5-17)14-16-6-10-19(11-7-16)30-20-12-8-18(9-13-20)22(26)25-28;/h1-13,21,28H,14-15,24H2,(H,25,26);1H/t21-;/m0./s1. The summed E-state index contributed by atoms with van der Waals surface area (Å²) < 4.78 is 11.0. The van der Waals surface area contributed by atoms with Crippen molar-refractivity contribution in [2.24, 2.45) is 5.73 Å². The van der Waals surface area contributed by atoms with Crippen LogP contribution in [0.5, 0.6) is 11.5 Å². The number of nitrogens with one attached hydrogen (secondary N) is 1. The van der Waals surface area contributed by atoms with Gasteiger partial charge in [0.2, 0.25) is 0 Å². The minimum absolute atomic E-state index is 0. The largest absolute Gasteiger partial charge is 0.460 e. The van der Waals surface area contributed by atoms with Crippen molar-refractivity contribution in [3.63, 3.8) is 0 Å². The number of hydroxylamine groups is 1. The highest BCUT2D eigenvalue weighted by molar-refractivity contribution is 5.93. The molecular formula is C23H23ClN2O5. The molecule has 0 saturated heterocycles. The quantitative estimate of drug-likeness (QED) is 0.279. The van der Waals surface area contributed by atoms with Gasteiger partial charge in [0, 0.05) is 5.56 Å². The lowest BCUT2D eigenvalue weighted by Gasteiger charge is -2.12. The van der Waals surface area contributed by atoms with E-state index in [4.69, 9.17) is 20.4 Å². The molecule has 0 fully saturated rings. The Labute approximate surface area is 186 Å². The number of carbonyl (C=O) groups is 2. The summed E-state index contributed by atoms with van der Waals surface area (Å²) in [5, 5.41) is 8.63. The summed E-state index contributed by atoms with van der Waals surface area (Å²) in [6.45, 7) is 0.193. The van der Waals surface area contributed by atoms with Crippen LogP contribution in [-0.4, -0.2) is 23.1 Å². The number of hydrogen-bond donors (Lipinski definition) is 3. The van der Waals surface area contributed by atoms with Gasteiger partial charge in [-0.3, -0.25) is 14.8 Å². The molecule has 7 nitrogen and oxygen atoms in total. The molecule has 0 bridgehead atoms. The minimum Gasteiger partial charge on any atom is -0.460 e. The van der Waals surface area contributed by atoms with E-state index >= 15 is 0 Å². The first-order chi connectivity index (χ1) is 14.5. The normalized spacial score (nSPS) is 11.0. The van der Waals surface area contributed by atoms with Gasteiger partial charge in [0.05, 0.1) is 0 Å². The molecule has 0 aliphatic carbocycles. The molecule has 0 saturated carbocycles. The molecule has 0 unspecified atom stereocenters. The number of carbonyl (C=O) groups excluding carboxylic acids is 2. The van der Waals surface area contributed by atoms with Gasteiger partial charge in [-0.15, -0.1) is 12.4 Å². The third-order valence-electron chi connectivity index (χ3n) is 4.36. The van der Waals surface area contributed by atoms with Crippen LogP contribution in [0.2, 0.25) is 0 Å². The van der Waals surface area contributed by atoms with Crippen molar-refractivity contribution in [3.05, 3.63) is 95.6 Å². The first-order valence-electron chi connectivity index (χ1n) is 9.32. The second-order valence-corrected chi connectivity index (χ2v) is 6.62. The number of hydrogen-bond acceptors (Lipinski definition) is 6. The fourth-order valence-electron chi connectivity index (χ4n) is 2.74. The molecule has 1 amide bonds. The van der Waals surface area contributed by atoms with E-state index in [1.54, 1.807) is 29.7 Å². The lowest BCUT2D eigenvalue weighted by molar-refractivity contribution is -0.146. The zero-order valence-electron chi connectivity index (χ0n) is 16.6. The van der Waals surface area contributed by atoms with Gasteiger partial charge in [-0.25, -0.2) is 5.48 Å². The molecule has 0 aliphatic heterocycles. The molecule has 8 heteroatoms. The summed E-state index contributed by atoms with van der Waals surface area (Å²) in [4.78, 5) is 23.4. The van der Waals surface area contributed by atoms with Gasteiger partial charge < -0.3 is 15.2 Å². The number of rotatable bonds is 8. The maximum absolute atomic E-state index is 12.1. The van der Waals surface area contributed by atoms with Gasteiger partial charge in [-0.05, 0) is 53.9 Å². The fraction of sp³-hybridized carbons (Fsp3) is 0.130. The second-order valence-electron chi connectivity index (χ2n) is 6.62. The van der Waals surface area contributed by atoms with Crippen LogP contribution in [0.3, 0.4) is 0 Å². The van der Waals surface area contributed by atoms with Crippen LogP contribution in [0.1, 0.15) is 21.5 Å². The van der Waals surface area contributed by atoms with E-state index in [1.807, 2.05) is 42.5 Å². The van der Waals surface area contributed by atoms with Crippen molar-refractivity contribution in [1.29, 1.82) is 0 Å². The first-order valence-corrected chi connectivity index (χ1v) is 9.32. The molecule has 3 rings (SSSR count). The molecule has 0 radical (unpaired) electrons. The van der Waals surface area contributed by atoms with Crippen molar-refractivity contribution in [3.8, 4) is 11.5 Å². The Morgan fingerprint density at radius 2 is 1.45 bits per heavy atom. The number of ether oxygens (including phenoxy) is 2. The highest BCUT2D eigenvalue weighted by atomic mass is 35.5. The molecule has 31 heavy (non-hydrogen) atoms. The molecule has 0 aliphatic rings. The molecular weight excluding hydrogens is 420 g/mol. The summed E-state index contributed by atoms with van der Waals surface area (Å²) in [5.74, 6) is 0.0903. The Balaban J connectivity index is 0.00000341. The fourth-order valence-corrected chi connectivity index (χ4v) is 2.74. The van der Waals surface area contributed by atoms with Crippen molar-refractivity contribution in [1.82, 2.24) is 5.48 Å². The summed E-state index contributed by atoms with van der Waals surface area (Å²) >= 11 is 0. The highest BCUT2D eigenvalue weighted by Crippen LogP contribution is 2.22. The third kappa shape index (κ3) is 7.11. The van der Waals surface area contributed by atoms with E-state index in [2.05, 4.69) is 0 Å². The lowest BCUT2D eigenvalue weighted by atomic mass is 10.1. The summed E-state index contributed by atoms with van der Waals surface area (Å²) in [5.41, 5.74) is 9.64. The van der Waals surface area contributed by atoms with E-state index in [9.17, 15) is 9.59 Å². The maximum atomic E-state index is 12.1. The van der Waals surface area contributed by atoms with Crippen LogP contribution in [0.15, 0.2) is 78.9 Å². The molecule has 162 valence electrons. The molecule has 4 N–H and O–H groups in total. The van der Waals surface area contributed by atoms with Crippen LogP contribution >= 0.6 is 12.4 Å². The maximum Gasteiger partial charge on any atom is 0.323 e. The topological polar surface area (TPSA) is 111 Å². The smallest absolute Gasteiger partial charge is 0.323 e. The Hall–Kier alpha value is -3.39. The predicted molar refractivity (Wildman–Crippen MR) is 117 cm³/mol. The van der Waals surface area contributed by atoms with E-state index in [0.717, 1.165) is 11.1 Å². The summed E-state index contributed by atoms with van der Waals surface area (Å²) in [6.07, 6.45) is 0.346. The van der Waals surface area contributed by atoms with E-state index in [1.165, 1.54) is 12.1 Å². The van der Waals surface area contributed by atoms with Crippen LogP contribution in [0, 0.1) is 0 Å². The number of halogens is 1. The van der Waals surface area contributed by atoms with E-state index in [0.29, 0.717) is 23.5 Å². The van der Waals surface area contributed by atoms with Crippen LogP contribution in [0.25, 0.3) is 0 Å². The van der Waals surface area contributed by atoms with E-state index < -0.39 is 17.9 Å².